The van der Waals surface area contributed by atoms with Crippen molar-refractivity contribution in [3.63, 3.8) is 0 Å². The van der Waals surface area contributed by atoms with Crippen LogP contribution in [0.15, 0.2) is 42.6 Å². The molecule has 2 aromatic rings. The van der Waals surface area contributed by atoms with E-state index in [9.17, 15) is 14.4 Å². The Morgan fingerprint density at radius 1 is 1.18 bits per heavy atom. The molecule has 9 heteroatoms. The first kappa shape index (κ1) is 24.0. The van der Waals surface area contributed by atoms with E-state index in [4.69, 9.17) is 17.3 Å². The zero-order valence-corrected chi connectivity index (χ0v) is 19.9. The van der Waals surface area contributed by atoms with Gasteiger partial charge in [-0.3, -0.25) is 14.5 Å². The molecule has 1 aromatic heterocycles. The normalized spacial score (nSPS) is 21.5. The number of imide groups is 1. The van der Waals surface area contributed by atoms with Crippen LogP contribution in [0.4, 0.5) is 16.3 Å². The third-order valence-electron chi connectivity index (χ3n) is 6.82. The molecular formula is C25H30ClN5O3. The fraction of sp³-hybridized carbons (Fsp3) is 0.440. The Bertz CT molecular complexity index is 1050. The van der Waals surface area contributed by atoms with E-state index in [0.29, 0.717) is 22.4 Å². The minimum Gasteiger partial charge on any atom is -0.384 e. The van der Waals surface area contributed by atoms with Crippen molar-refractivity contribution in [3.8, 4) is 0 Å². The van der Waals surface area contributed by atoms with Gasteiger partial charge in [-0.15, -0.1) is 0 Å². The number of urea groups is 1. The monoisotopic (exact) mass is 483 g/mol. The van der Waals surface area contributed by atoms with Crippen molar-refractivity contribution in [3.05, 3.63) is 53.2 Å². The fourth-order valence-corrected chi connectivity index (χ4v) is 5.04. The summed E-state index contributed by atoms with van der Waals surface area (Å²) in [6.45, 7) is 1.97. The molecule has 1 aliphatic carbocycles. The minimum absolute atomic E-state index is 0.0698. The number of nitrogens with zero attached hydrogens (tertiary/aromatic N) is 2. The van der Waals surface area contributed by atoms with Crippen LogP contribution in [0.1, 0.15) is 44.6 Å². The van der Waals surface area contributed by atoms with Crippen molar-refractivity contribution in [2.75, 3.05) is 11.1 Å². The Kier molecular flexibility index (Phi) is 7.36. The molecule has 1 saturated carbocycles. The molecule has 0 unspecified atom stereocenters. The number of likely N-dealkylation sites (tertiary alicyclic amines) is 1. The molecule has 180 valence electrons. The second kappa shape index (κ2) is 10.4. The number of rotatable bonds is 6. The van der Waals surface area contributed by atoms with Crippen LogP contribution in [0.25, 0.3) is 0 Å². The largest absolute Gasteiger partial charge is 0.384 e. The summed E-state index contributed by atoms with van der Waals surface area (Å²) in [4.78, 5) is 44.5. The summed E-state index contributed by atoms with van der Waals surface area (Å²) in [6, 6.07) is 8.58. The number of carbonyl (C=O) groups is 3. The van der Waals surface area contributed by atoms with Gasteiger partial charge in [-0.1, -0.05) is 30.9 Å². The molecule has 4 N–H and O–H groups in total. The number of β-lactam (4-membered cyclic amide) rings is 1. The highest BCUT2D eigenvalue weighted by Gasteiger charge is 2.54. The van der Waals surface area contributed by atoms with Gasteiger partial charge >= 0.3 is 6.03 Å². The van der Waals surface area contributed by atoms with Crippen LogP contribution in [0.2, 0.25) is 5.02 Å². The Morgan fingerprint density at radius 3 is 2.56 bits per heavy atom. The number of pyridine rings is 1. The van der Waals surface area contributed by atoms with Crippen LogP contribution in [0.3, 0.4) is 0 Å². The molecule has 0 spiro atoms. The van der Waals surface area contributed by atoms with Crippen LogP contribution in [0, 0.1) is 11.8 Å². The van der Waals surface area contributed by atoms with E-state index >= 15 is 0 Å². The fourth-order valence-electron chi connectivity index (χ4n) is 4.91. The molecule has 0 bridgehead atoms. The van der Waals surface area contributed by atoms with E-state index in [1.54, 1.807) is 42.6 Å². The standard InChI is InChI=1S/C25H30ClN5O3/c1-15(17-5-3-2-4-6-17)29-25(34)31-22(23(32)30-19-9-7-18(26)8-10-19)20(24(31)33)13-16-11-12-28-21(27)14-16/h7-12,14-15,17,20,22H,2-6,13H2,1H3,(H2,27,28)(H,29,34)(H,30,32)/t15-,20+,22+/m1/s1. The number of amides is 4. The molecule has 2 fully saturated rings. The first-order valence-corrected chi connectivity index (χ1v) is 12.1. The van der Waals surface area contributed by atoms with Gasteiger partial charge in [0.05, 0.1) is 5.92 Å². The van der Waals surface area contributed by atoms with Gasteiger partial charge in [0.25, 0.3) is 0 Å². The Hall–Kier alpha value is -3.13. The second-order valence-electron chi connectivity index (χ2n) is 9.19. The number of anilines is 2. The summed E-state index contributed by atoms with van der Waals surface area (Å²) >= 11 is 5.94. The average molecular weight is 484 g/mol. The van der Waals surface area contributed by atoms with Gasteiger partial charge in [-0.25, -0.2) is 9.78 Å². The van der Waals surface area contributed by atoms with Crippen molar-refractivity contribution in [1.82, 2.24) is 15.2 Å². The van der Waals surface area contributed by atoms with E-state index in [1.807, 2.05) is 6.92 Å². The van der Waals surface area contributed by atoms with Crippen molar-refractivity contribution in [2.45, 2.75) is 57.5 Å². The van der Waals surface area contributed by atoms with E-state index in [0.717, 1.165) is 36.1 Å². The van der Waals surface area contributed by atoms with Gasteiger partial charge in [0, 0.05) is 22.9 Å². The van der Waals surface area contributed by atoms with Crippen molar-refractivity contribution in [1.29, 1.82) is 0 Å². The first-order chi connectivity index (χ1) is 16.3. The Morgan fingerprint density at radius 2 is 1.88 bits per heavy atom. The van der Waals surface area contributed by atoms with Crippen molar-refractivity contribution >= 4 is 41.0 Å². The highest BCUT2D eigenvalue weighted by atomic mass is 35.5. The maximum atomic E-state index is 13.2. The van der Waals surface area contributed by atoms with Crippen LogP contribution < -0.4 is 16.4 Å². The zero-order chi connectivity index (χ0) is 24.2. The molecule has 8 nitrogen and oxygen atoms in total. The first-order valence-electron chi connectivity index (χ1n) is 11.7. The van der Waals surface area contributed by atoms with Gasteiger partial charge in [0.2, 0.25) is 11.8 Å². The molecule has 1 aliphatic heterocycles. The van der Waals surface area contributed by atoms with E-state index in [1.165, 1.54) is 6.42 Å². The third-order valence-corrected chi connectivity index (χ3v) is 7.07. The zero-order valence-electron chi connectivity index (χ0n) is 19.2. The van der Waals surface area contributed by atoms with Crippen LogP contribution in [-0.2, 0) is 16.0 Å². The number of nitrogens with two attached hydrogens (primary N) is 1. The highest BCUT2D eigenvalue weighted by Crippen LogP contribution is 2.33. The van der Waals surface area contributed by atoms with Crippen molar-refractivity contribution in [2.24, 2.45) is 11.8 Å². The summed E-state index contributed by atoms with van der Waals surface area (Å²) in [6.07, 6.45) is 7.48. The lowest BCUT2D eigenvalue weighted by Crippen LogP contribution is -2.70. The lowest BCUT2D eigenvalue weighted by atomic mass is 9.81. The molecule has 1 aromatic carbocycles. The third kappa shape index (κ3) is 5.33. The Balaban J connectivity index is 1.51. The number of hydrogen-bond acceptors (Lipinski definition) is 5. The Labute approximate surface area is 204 Å². The number of hydrogen-bond donors (Lipinski definition) is 3. The van der Waals surface area contributed by atoms with Crippen LogP contribution >= 0.6 is 11.6 Å². The lowest BCUT2D eigenvalue weighted by Gasteiger charge is -2.45. The molecular weight excluding hydrogens is 454 g/mol. The molecule has 1 saturated heterocycles. The quantitative estimate of drug-likeness (QED) is 0.537. The molecule has 4 amide bonds. The van der Waals surface area contributed by atoms with Gasteiger partial charge < -0.3 is 16.4 Å². The minimum atomic E-state index is -0.934. The number of nitrogen functional groups attached to an aromatic ring is 1. The molecule has 2 heterocycles. The molecule has 3 atom stereocenters. The predicted molar refractivity (Wildman–Crippen MR) is 131 cm³/mol. The SMILES string of the molecule is C[C@@H](NC(=O)N1C(=O)[C@@H](Cc2ccnc(N)c2)[C@H]1C(=O)Nc1ccc(Cl)cc1)C1CCCCC1. The molecule has 4 rings (SSSR count). The van der Waals surface area contributed by atoms with E-state index < -0.39 is 23.9 Å². The summed E-state index contributed by atoms with van der Waals surface area (Å²) in [5, 5.41) is 6.33. The topological polar surface area (TPSA) is 117 Å². The maximum absolute atomic E-state index is 13.2. The van der Waals surface area contributed by atoms with Gasteiger partial charge in [0.15, 0.2) is 0 Å². The number of nitrogens with one attached hydrogen (secondary N) is 2. The number of halogens is 1. The molecule has 2 aliphatic rings. The number of aromatic nitrogens is 1. The van der Waals surface area contributed by atoms with Gasteiger partial charge in [0.1, 0.15) is 11.9 Å². The smallest absolute Gasteiger partial charge is 0.325 e. The van der Waals surface area contributed by atoms with E-state index in [2.05, 4.69) is 15.6 Å². The second-order valence-corrected chi connectivity index (χ2v) is 9.62. The van der Waals surface area contributed by atoms with Crippen LogP contribution in [-0.4, -0.2) is 39.8 Å². The van der Waals surface area contributed by atoms with E-state index in [-0.39, 0.29) is 18.4 Å². The number of carbonyl (C=O) groups excluding carboxylic acids is 3. The lowest BCUT2D eigenvalue weighted by molar-refractivity contribution is -0.155. The average Bonchev–Trinajstić information content (AvgIpc) is 2.82. The predicted octanol–water partition coefficient (Wildman–Crippen LogP) is 4.00. The molecule has 0 radical (unpaired) electrons. The number of benzene rings is 1. The summed E-state index contributed by atoms with van der Waals surface area (Å²) in [5.74, 6) is -0.757. The maximum Gasteiger partial charge on any atom is 0.325 e. The summed E-state index contributed by atoms with van der Waals surface area (Å²) < 4.78 is 0. The van der Waals surface area contributed by atoms with Gasteiger partial charge in [-0.2, -0.15) is 0 Å². The van der Waals surface area contributed by atoms with Crippen LogP contribution in [0.5, 0.6) is 0 Å². The van der Waals surface area contributed by atoms with Gasteiger partial charge in [-0.05, 0) is 74.1 Å². The summed E-state index contributed by atoms with van der Waals surface area (Å²) in [5.41, 5.74) is 7.10. The highest BCUT2D eigenvalue weighted by molar-refractivity contribution is 6.30. The molecule has 34 heavy (non-hydrogen) atoms. The van der Waals surface area contributed by atoms with Crippen molar-refractivity contribution < 1.29 is 14.4 Å². The summed E-state index contributed by atoms with van der Waals surface area (Å²) in [7, 11) is 0.